The van der Waals surface area contributed by atoms with Gasteiger partial charge in [0.05, 0.1) is 11.2 Å². The van der Waals surface area contributed by atoms with Gasteiger partial charge >= 0.3 is 13.3 Å². The number of carbonyl (C=O) groups excluding carboxylic acids is 1. The number of alkyl halides is 3. The fourth-order valence-corrected chi connectivity index (χ4v) is 2.87. The number of halogens is 3. The van der Waals surface area contributed by atoms with Crippen LogP contribution < -0.4 is 10.8 Å². The molecule has 1 amide bonds. The average Bonchev–Trinajstić information content (AvgIpc) is 2.82. The van der Waals surface area contributed by atoms with E-state index in [9.17, 15) is 18.0 Å². The number of anilines is 1. The van der Waals surface area contributed by atoms with Crippen LogP contribution in [0, 0.1) is 6.92 Å². The van der Waals surface area contributed by atoms with Crippen LogP contribution in [0.3, 0.4) is 0 Å². The van der Waals surface area contributed by atoms with Crippen molar-refractivity contribution in [2.45, 2.75) is 52.0 Å². The van der Waals surface area contributed by atoms with Crippen LogP contribution in [0.1, 0.15) is 49.3 Å². The maximum absolute atomic E-state index is 12.8. The molecule has 1 aromatic heterocycles. The van der Waals surface area contributed by atoms with Crippen LogP contribution in [-0.4, -0.2) is 29.2 Å². The molecule has 0 atom stereocenters. The first kappa shape index (κ1) is 21.3. The van der Waals surface area contributed by atoms with Crippen LogP contribution in [0.4, 0.5) is 18.9 Å². The summed E-state index contributed by atoms with van der Waals surface area (Å²) in [6.07, 6.45) is -3.59. The van der Waals surface area contributed by atoms with Crippen molar-refractivity contribution in [3.8, 4) is 0 Å². The minimum absolute atomic E-state index is 0.00934. The molecule has 1 aliphatic rings. The first-order valence-electron chi connectivity index (χ1n) is 9.11. The van der Waals surface area contributed by atoms with Crippen LogP contribution in [0.25, 0.3) is 0 Å². The molecule has 9 heteroatoms. The Morgan fingerprint density at radius 1 is 1.07 bits per heavy atom. The number of hydrogen-bond acceptors (Lipinski definition) is 4. The summed E-state index contributed by atoms with van der Waals surface area (Å²) in [5.74, 6) is -0.540. The summed E-state index contributed by atoms with van der Waals surface area (Å²) in [5.41, 5.74) is -0.274. The number of aryl methyl sites for hydroxylation is 1. The van der Waals surface area contributed by atoms with Gasteiger partial charge in [0.2, 0.25) is 0 Å². The molecule has 0 saturated carbocycles. The Bertz CT molecular complexity index is 929. The van der Waals surface area contributed by atoms with E-state index in [1.165, 1.54) is 6.07 Å². The molecule has 1 saturated heterocycles. The largest absolute Gasteiger partial charge is 0.495 e. The summed E-state index contributed by atoms with van der Waals surface area (Å²) in [4.78, 5) is 15.9. The molecular weight excluding hydrogens is 384 g/mol. The topological polar surface area (TPSA) is 60.5 Å². The van der Waals surface area contributed by atoms with Crippen molar-refractivity contribution in [2.75, 3.05) is 5.32 Å². The Kier molecular flexibility index (Phi) is 5.25. The Balaban J connectivity index is 1.84. The van der Waals surface area contributed by atoms with E-state index in [0.29, 0.717) is 5.46 Å². The summed E-state index contributed by atoms with van der Waals surface area (Å²) in [7, 11) is -0.648. The zero-order valence-electron chi connectivity index (χ0n) is 16.8. The van der Waals surface area contributed by atoms with Crippen LogP contribution in [-0.2, 0) is 15.5 Å². The minimum Gasteiger partial charge on any atom is -0.399 e. The highest BCUT2D eigenvalue weighted by atomic mass is 19.4. The third-order valence-electron chi connectivity index (χ3n) is 5.36. The highest BCUT2D eigenvalue weighted by Crippen LogP contribution is 2.36. The maximum Gasteiger partial charge on any atom is 0.495 e. The number of amides is 1. The molecule has 1 fully saturated rings. The molecule has 3 rings (SSSR count). The molecule has 1 aliphatic heterocycles. The first-order valence-corrected chi connectivity index (χ1v) is 9.11. The molecule has 0 radical (unpaired) electrons. The van der Waals surface area contributed by atoms with Crippen molar-refractivity contribution in [3.05, 3.63) is 53.3 Å². The molecule has 1 N–H and O–H groups in total. The molecular formula is C20H22BF3N2O3. The Morgan fingerprint density at radius 2 is 1.69 bits per heavy atom. The third-order valence-corrected chi connectivity index (χ3v) is 5.36. The Labute approximate surface area is 167 Å². The van der Waals surface area contributed by atoms with Gasteiger partial charge in [0.1, 0.15) is 5.69 Å². The predicted molar refractivity (Wildman–Crippen MR) is 104 cm³/mol. The van der Waals surface area contributed by atoms with Gasteiger partial charge in [-0.3, -0.25) is 9.78 Å². The molecule has 0 spiro atoms. The summed E-state index contributed by atoms with van der Waals surface area (Å²) >= 11 is 0. The standard InChI is InChI=1S/C20H22BF3N2O3/c1-12-6-7-13(10-15(12)21-28-18(2,3)19(4,5)29-21)17(27)26-14-8-9-25-16(11-14)20(22,23)24/h6-11H,1-5H3,(H,25,26,27). The van der Waals surface area contributed by atoms with Crippen molar-refractivity contribution in [2.24, 2.45) is 0 Å². The zero-order chi connectivity index (χ0) is 21.6. The molecule has 5 nitrogen and oxygen atoms in total. The van der Waals surface area contributed by atoms with E-state index in [1.807, 2.05) is 34.6 Å². The number of nitrogens with zero attached hydrogens (tertiary/aromatic N) is 1. The fourth-order valence-electron chi connectivity index (χ4n) is 2.87. The van der Waals surface area contributed by atoms with Crippen molar-refractivity contribution < 1.29 is 27.3 Å². The van der Waals surface area contributed by atoms with Crippen LogP contribution in [0.2, 0.25) is 0 Å². The van der Waals surface area contributed by atoms with Crippen molar-refractivity contribution in [1.29, 1.82) is 0 Å². The first-order chi connectivity index (χ1) is 13.3. The third kappa shape index (κ3) is 4.30. The number of carbonyl (C=O) groups is 1. The lowest BCUT2D eigenvalue weighted by Crippen LogP contribution is -2.41. The van der Waals surface area contributed by atoms with Gasteiger partial charge in [0, 0.05) is 17.4 Å². The van der Waals surface area contributed by atoms with Crippen molar-refractivity contribution >= 4 is 24.2 Å². The van der Waals surface area contributed by atoms with E-state index >= 15 is 0 Å². The van der Waals surface area contributed by atoms with Gasteiger partial charge in [-0.2, -0.15) is 13.2 Å². The number of hydrogen-bond donors (Lipinski definition) is 1. The zero-order valence-corrected chi connectivity index (χ0v) is 16.8. The lowest BCUT2D eigenvalue weighted by atomic mass is 9.75. The van der Waals surface area contributed by atoms with E-state index in [4.69, 9.17) is 9.31 Å². The summed E-state index contributed by atoms with van der Waals surface area (Å²) in [5, 5.41) is 2.48. The number of pyridine rings is 1. The van der Waals surface area contributed by atoms with E-state index in [2.05, 4.69) is 10.3 Å². The molecule has 2 heterocycles. The second-order valence-corrected chi connectivity index (χ2v) is 8.04. The molecule has 154 valence electrons. The normalized spacial score (nSPS) is 18.0. The molecule has 0 bridgehead atoms. The van der Waals surface area contributed by atoms with Crippen molar-refractivity contribution in [3.63, 3.8) is 0 Å². The second-order valence-electron chi connectivity index (χ2n) is 8.04. The van der Waals surface area contributed by atoms with Gasteiger partial charge < -0.3 is 14.6 Å². The van der Waals surface area contributed by atoms with Crippen LogP contribution >= 0.6 is 0 Å². The summed E-state index contributed by atoms with van der Waals surface area (Å²) in [6, 6.07) is 7.09. The molecule has 0 unspecified atom stereocenters. The monoisotopic (exact) mass is 406 g/mol. The van der Waals surface area contributed by atoms with E-state index < -0.39 is 36.1 Å². The highest BCUT2D eigenvalue weighted by molar-refractivity contribution is 6.62. The van der Waals surface area contributed by atoms with Gasteiger partial charge in [-0.15, -0.1) is 0 Å². The summed E-state index contributed by atoms with van der Waals surface area (Å²) in [6.45, 7) is 9.60. The smallest absolute Gasteiger partial charge is 0.399 e. The van der Waals surface area contributed by atoms with Crippen LogP contribution in [0.5, 0.6) is 0 Å². The highest BCUT2D eigenvalue weighted by Gasteiger charge is 2.52. The average molecular weight is 406 g/mol. The Hall–Kier alpha value is -2.39. The predicted octanol–water partition coefficient (Wildman–Crippen LogP) is 3.96. The van der Waals surface area contributed by atoms with Crippen molar-refractivity contribution in [1.82, 2.24) is 4.98 Å². The summed E-state index contributed by atoms with van der Waals surface area (Å²) < 4.78 is 50.6. The second kappa shape index (κ2) is 7.14. The van der Waals surface area contributed by atoms with Gasteiger partial charge in [0.25, 0.3) is 5.91 Å². The lowest BCUT2D eigenvalue weighted by Gasteiger charge is -2.32. The van der Waals surface area contributed by atoms with E-state index in [-0.39, 0.29) is 11.3 Å². The number of aromatic nitrogens is 1. The van der Waals surface area contributed by atoms with Gasteiger partial charge in [-0.05, 0) is 64.3 Å². The molecule has 2 aromatic rings. The van der Waals surface area contributed by atoms with Crippen LogP contribution in [0.15, 0.2) is 36.5 Å². The molecule has 1 aromatic carbocycles. The fraction of sp³-hybridized carbons (Fsp3) is 0.400. The molecule has 29 heavy (non-hydrogen) atoms. The van der Waals surface area contributed by atoms with Gasteiger partial charge in [-0.25, -0.2) is 0 Å². The van der Waals surface area contributed by atoms with E-state index in [0.717, 1.165) is 17.8 Å². The Morgan fingerprint density at radius 3 is 2.28 bits per heavy atom. The SMILES string of the molecule is Cc1ccc(C(=O)Nc2ccnc(C(F)(F)F)c2)cc1B1OC(C)(C)C(C)(C)O1. The number of nitrogens with one attached hydrogen (secondary N) is 1. The number of benzene rings is 1. The quantitative estimate of drug-likeness (QED) is 0.785. The maximum atomic E-state index is 12.8. The molecule has 0 aliphatic carbocycles. The van der Waals surface area contributed by atoms with E-state index in [1.54, 1.807) is 18.2 Å². The number of rotatable bonds is 3. The van der Waals surface area contributed by atoms with Gasteiger partial charge in [0.15, 0.2) is 0 Å². The lowest BCUT2D eigenvalue weighted by molar-refractivity contribution is -0.141. The van der Waals surface area contributed by atoms with Gasteiger partial charge in [-0.1, -0.05) is 11.6 Å². The minimum atomic E-state index is -4.59.